The largest absolute Gasteiger partial charge is 0.343 e. The van der Waals surface area contributed by atoms with Crippen molar-refractivity contribution < 1.29 is 4.52 Å². The lowest BCUT2D eigenvalue weighted by atomic mass is 10.2. The first-order valence-electron chi connectivity index (χ1n) is 6.05. The molecule has 0 amide bonds. The Hall–Kier alpha value is -1.88. The molecule has 3 aromatic rings. The van der Waals surface area contributed by atoms with Gasteiger partial charge in [-0.05, 0) is 24.6 Å². The first-order chi connectivity index (χ1) is 9.28. The Balaban J connectivity index is 2.10. The van der Waals surface area contributed by atoms with E-state index in [9.17, 15) is 0 Å². The summed E-state index contributed by atoms with van der Waals surface area (Å²) >= 11 is 5.85. The van der Waals surface area contributed by atoms with Crippen molar-refractivity contribution in [3.63, 3.8) is 0 Å². The molecule has 0 aliphatic carbocycles. The average Bonchev–Trinajstić information content (AvgIpc) is 2.99. The molecule has 0 saturated heterocycles. The molecular formula is C13H13ClN4O. The van der Waals surface area contributed by atoms with Gasteiger partial charge in [0.1, 0.15) is 5.82 Å². The van der Waals surface area contributed by atoms with E-state index in [4.69, 9.17) is 16.1 Å². The Morgan fingerprint density at radius 2 is 2.26 bits per heavy atom. The predicted molar refractivity (Wildman–Crippen MR) is 72.3 cm³/mol. The number of imidazole rings is 1. The fourth-order valence-electron chi connectivity index (χ4n) is 2.15. The third-order valence-corrected chi connectivity index (χ3v) is 3.20. The van der Waals surface area contributed by atoms with E-state index in [-0.39, 0.29) is 0 Å². The van der Waals surface area contributed by atoms with Crippen LogP contribution in [0.25, 0.3) is 11.0 Å². The zero-order valence-electron chi connectivity index (χ0n) is 10.5. The second-order valence-corrected chi connectivity index (χ2v) is 4.77. The number of hydrogen-bond donors (Lipinski definition) is 0. The third-order valence-electron chi connectivity index (χ3n) is 3.01. The molecule has 5 nitrogen and oxygen atoms in total. The number of nitrogens with zero attached hydrogens (tertiary/aromatic N) is 4. The topological polar surface area (TPSA) is 56.7 Å². The van der Waals surface area contributed by atoms with Gasteiger partial charge in [0, 0.05) is 12.3 Å². The molecule has 3 rings (SSSR count). The number of hydrogen-bond acceptors (Lipinski definition) is 4. The SMILES string of the molecule is Cc1ccc2c(c1)nc(CCCl)n2Cc1ncon1. The van der Waals surface area contributed by atoms with E-state index >= 15 is 0 Å². The van der Waals surface area contributed by atoms with Crippen molar-refractivity contribution in [2.24, 2.45) is 0 Å². The van der Waals surface area contributed by atoms with E-state index in [0.717, 1.165) is 16.9 Å². The molecule has 2 heterocycles. The third kappa shape index (κ3) is 2.33. The monoisotopic (exact) mass is 276 g/mol. The number of benzene rings is 1. The molecule has 0 aliphatic rings. The van der Waals surface area contributed by atoms with Crippen LogP contribution in [0.4, 0.5) is 0 Å². The average molecular weight is 277 g/mol. The van der Waals surface area contributed by atoms with Gasteiger partial charge in [-0.2, -0.15) is 4.98 Å². The summed E-state index contributed by atoms with van der Waals surface area (Å²) in [5.41, 5.74) is 3.23. The van der Waals surface area contributed by atoms with Gasteiger partial charge in [-0.15, -0.1) is 11.6 Å². The maximum Gasteiger partial charge on any atom is 0.213 e. The predicted octanol–water partition coefficient (Wildman–Crippen LogP) is 2.56. The summed E-state index contributed by atoms with van der Waals surface area (Å²) in [5.74, 6) is 2.12. The summed E-state index contributed by atoms with van der Waals surface area (Å²) in [4.78, 5) is 8.69. The van der Waals surface area contributed by atoms with E-state index in [1.807, 2.05) is 0 Å². The van der Waals surface area contributed by atoms with Gasteiger partial charge < -0.3 is 9.09 Å². The Labute approximate surface area is 115 Å². The zero-order chi connectivity index (χ0) is 13.2. The van der Waals surface area contributed by atoms with Crippen molar-refractivity contribution in [1.82, 2.24) is 19.7 Å². The van der Waals surface area contributed by atoms with Crippen molar-refractivity contribution in [3.8, 4) is 0 Å². The summed E-state index contributed by atoms with van der Waals surface area (Å²) in [6, 6.07) is 6.20. The van der Waals surface area contributed by atoms with E-state index < -0.39 is 0 Å². The molecule has 0 saturated carbocycles. The van der Waals surface area contributed by atoms with E-state index in [1.54, 1.807) is 0 Å². The van der Waals surface area contributed by atoms with E-state index in [2.05, 4.69) is 44.8 Å². The summed E-state index contributed by atoms with van der Waals surface area (Å²) in [6.45, 7) is 2.60. The Morgan fingerprint density at radius 3 is 3.00 bits per heavy atom. The van der Waals surface area contributed by atoms with Gasteiger partial charge in [-0.25, -0.2) is 4.98 Å². The van der Waals surface area contributed by atoms with Crippen LogP contribution in [0, 0.1) is 6.92 Å². The van der Waals surface area contributed by atoms with Crippen LogP contribution in [0.1, 0.15) is 17.2 Å². The van der Waals surface area contributed by atoms with Gasteiger partial charge in [-0.1, -0.05) is 11.2 Å². The minimum Gasteiger partial charge on any atom is -0.343 e. The molecule has 0 fully saturated rings. The van der Waals surface area contributed by atoms with Crippen LogP contribution in [0.15, 0.2) is 29.1 Å². The Bertz CT molecular complexity index is 690. The Morgan fingerprint density at radius 1 is 1.37 bits per heavy atom. The number of rotatable bonds is 4. The van der Waals surface area contributed by atoms with Crippen molar-refractivity contribution in [1.29, 1.82) is 0 Å². The quantitative estimate of drug-likeness (QED) is 0.687. The summed E-state index contributed by atoms with van der Waals surface area (Å²) in [6.07, 6.45) is 2.05. The molecule has 0 radical (unpaired) electrons. The lowest BCUT2D eigenvalue weighted by Gasteiger charge is -2.05. The van der Waals surface area contributed by atoms with Crippen LogP contribution in [0.2, 0.25) is 0 Å². The number of halogens is 1. The highest BCUT2D eigenvalue weighted by Gasteiger charge is 2.12. The smallest absolute Gasteiger partial charge is 0.213 e. The lowest BCUT2D eigenvalue weighted by Crippen LogP contribution is -2.07. The molecule has 0 N–H and O–H groups in total. The minimum absolute atomic E-state index is 0.536. The van der Waals surface area contributed by atoms with Crippen LogP contribution in [0.3, 0.4) is 0 Å². The highest BCUT2D eigenvalue weighted by Crippen LogP contribution is 2.19. The molecule has 0 bridgehead atoms. The molecule has 19 heavy (non-hydrogen) atoms. The van der Waals surface area contributed by atoms with Gasteiger partial charge in [0.2, 0.25) is 6.39 Å². The zero-order valence-corrected chi connectivity index (χ0v) is 11.3. The highest BCUT2D eigenvalue weighted by atomic mass is 35.5. The maximum absolute atomic E-state index is 5.85. The van der Waals surface area contributed by atoms with Gasteiger partial charge >= 0.3 is 0 Å². The normalized spacial score (nSPS) is 11.3. The van der Waals surface area contributed by atoms with Crippen molar-refractivity contribution in [2.45, 2.75) is 19.9 Å². The van der Waals surface area contributed by atoms with Gasteiger partial charge in [0.05, 0.1) is 17.6 Å². The second-order valence-electron chi connectivity index (χ2n) is 4.39. The first kappa shape index (κ1) is 12.2. The maximum atomic E-state index is 5.85. The number of fused-ring (bicyclic) bond motifs is 1. The van der Waals surface area contributed by atoms with Crippen molar-refractivity contribution in [2.75, 3.05) is 5.88 Å². The summed E-state index contributed by atoms with van der Waals surface area (Å²) < 4.78 is 6.86. The lowest BCUT2D eigenvalue weighted by molar-refractivity contribution is 0.408. The highest BCUT2D eigenvalue weighted by molar-refractivity contribution is 6.17. The van der Waals surface area contributed by atoms with Crippen LogP contribution in [-0.2, 0) is 13.0 Å². The molecule has 2 aromatic heterocycles. The van der Waals surface area contributed by atoms with Gasteiger partial charge in [0.25, 0.3) is 0 Å². The van der Waals surface area contributed by atoms with E-state index in [1.165, 1.54) is 12.0 Å². The van der Waals surface area contributed by atoms with Crippen molar-refractivity contribution in [3.05, 3.63) is 41.8 Å². The number of aromatic nitrogens is 4. The molecule has 6 heteroatoms. The van der Waals surface area contributed by atoms with Crippen LogP contribution in [-0.4, -0.2) is 25.6 Å². The fourth-order valence-corrected chi connectivity index (χ4v) is 2.31. The Kier molecular flexibility index (Phi) is 3.21. The molecule has 0 unspecified atom stereocenters. The van der Waals surface area contributed by atoms with Gasteiger partial charge in [0.15, 0.2) is 5.82 Å². The molecule has 0 spiro atoms. The number of aryl methyl sites for hydroxylation is 2. The van der Waals surface area contributed by atoms with E-state index in [0.29, 0.717) is 24.7 Å². The molecular weight excluding hydrogens is 264 g/mol. The van der Waals surface area contributed by atoms with Gasteiger partial charge in [-0.3, -0.25) is 0 Å². The van der Waals surface area contributed by atoms with Crippen molar-refractivity contribution >= 4 is 22.6 Å². The second kappa shape index (κ2) is 5.01. The van der Waals surface area contributed by atoms with Crippen LogP contribution < -0.4 is 0 Å². The molecule has 98 valence electrons. The first-order valence-corrected chi connectivity index (χ1v) is 6.58. The number of alkyl halides is 1. The molecule has 1 aromatic carbocycles. The standard InChI is InChI=1S/C13H13ClN4O/c1-9-2-3-11-10(6-9)16-13(4-5-14)18(11)7-12-15-8-19-17-12/h2-3,6,8H,4-5,7H2,1H3. The van der Waals surface area contributed by atoms with Crippen LogP contribution >= 0.6 is 11.6 Å². The molecule has 0 aliphatic heterocycles. The molecule has 0 atom stereocenters. The summed E-state index contributed by atoms with van der Waals surface area (Å²) in [7, 11) is 0. The minimum atomic E-state index is 0.536. The van der Waals surface area contributed by atoms with Crippen LogP contribution in [0.5, 0.6) is 0 Å². The summed E-state index contributed by atoms with van der Waals surface area (Å²) in [5, 5.41) is 3.85. The fraction of sp³-hybridized carbons (Fsp3) is 0.308.